The molecular formula is C20H23N5O. The van der Waals surface area contributed by atoms with E-state index in [0.29, 0.717) is 24.6 Å². The molecule has 6 nitrogen and oxygen atoms in total. The molecule has 0 atom stereocenters. The van der Waals surface area contributed by atoms with Crippen molar-refractivity contribution in [3.8, 4) is 0 Å². The standard InChI is InChI=1S/C20H23N5O/c1-14-12-18(25(2)3)24-20(23-14)22-11-10-21-19(26)17-9-8-15-6-4-5-7-16(15)13-17/h4-9,12-13H,10-11H2,1-3H3,(H,21,26)(H,22,23,24). The van der Waals surface area contributed by atoms with E-state index in [1.54, 1.807) is 0 Å². The third-order valence-electron chi connectivity index (χ3n) is 4.00. The van der Waals surface area contributed by atoms with Crippen LogP contribution in [-0.4, -0.2) is 43.1 Å². The molecule has 0 unspecified atom stereocenters. The molecule has 0 bridgehead atoms. The molecule has 0 saturated heterocycles. The lowest BCUT2D eigenvalue weighted by Crippen LogP contribution is -2.29. The van der Waals surface area contributed by atoms with E-state index < -0.39 is 0 Å². The van der Waals surface area contributed by atoms with Crippen LogP contribution < -0.4 is 15.5 Å². The third-order valence-corrected chi connectivity index (χ3v) is 4.00. The van der Waals surface area contributed by atoms with Crippen molar-refractivity contribution in [2.24, 2.45) is 0 Å². The number of hydrogen-bond donors (Lipinski definition) is 2. The van der Waals surface area contributed by atoms with Gasteiger partial charge in [0.25, 0.3) is 5.91 Å². The molecule has 26 heavy (non-hydrogen) atoms. The summed E-state index contributed by atoms with van der Waals surface area (Å²) in [5, 5.41) is 8.25. The monoisotopic (exact) mass is 349 g/mol. The van der Waals surface area contributed by atoms with Gasteiger partial charge in [0.15, 0.2) is 0 Å². The number of fused-ring (bicyclic) bond motifs is 1. The molecule has 0 aliphatic rings. The van der Waals surface area contributed by atoms with Crippen LogP contribution in [0.1, 0.15) is 16.1 Å². The normalized spacial score (nSPS) is 10.6. The first kappa shape index (κ1) is 17.7. The first-order chi connectivity index (χ1) is 12.5. The van der Waals surface area contributed by atoms with Crippen molar-refractivity contribution in [1.29, 1.82) is 0 Å². The lowest BCUT2D eigenvalue weighted by atomic mass is 10.1. The number of nitrogens with zero attached hydrogens (tertiary/aromatic N) is 3. The second kappa shape index (κ2) is 7.82. The number of anilines is 2. The van der Waals surface area contributed by atoms with Gasteiger partial charge in [-0.25, -0.2) is 4.98 Å². The SMILES string of the molecule is Cc1cc(N(C)C)nc(NCCNC(=O)c2ccc3ccccc3c2)n1. The van der Waals surface area contributed by atoms with Gasteiger partial charge in [-0.1, -0.05) is 30.3 Å². The van der Waals surface area contributed by atoms with Crippen molar-refractivity contribution in [2.75, 3.05) is 37.4 Å². The van der Waals surface area contributed by atoms with Crippen LogP contribution in [0.5, 0.6) is 0 Å². The van der Waals surface area contributed by atoms with E-state index in [-0.39, 0.29) is 5.91 Å². The molecule has 6 heteroatoms. The Labute approximate surface area is 153 Å². The van der Waals surface area contributed by atoms with Crippen LogP contribution in [0, 0.1) is 6.92 Å². The lowest BCUT2D eigenvalue weighted by molar-refractivity contribution is 0.0955. The first-order valence-corrected chi connectivity index (χ1v) is 8.57. The van der Waals surface area contributed by atoms with Crippen LogP contribution in [0.25, 0.3) is 10.8 Å². The Balaban J connectivity index is 1.55. The van der Waals surface area contributed by atoms with Crippen molar-refractivity contribution in [3.63, 3.8) is 0 Å². The Kier molecular flexibility index (Phi) is 5.31. The molecule has 1 heterocycles. The molecule has 134 valence electrons. The molecule has 2 aromatic carbocycles. The molecule has 0 spiro atoms. The Bertz CT molecular complexity index is 923. The Morgan fingerprint density at radius 1 is 1.00 bits per heavy atom. The van der Waals surface area contributed by atoms with E-state index in [2.05, 4.69) is 20.6 Å². The fraction of sp³-hybridized carbons (Fsp3) is 0.250. The largest absolute Gasteiger partial charge is 0.363 e. The van der Waals surface area contributed by atoms with Crippen LogP contribution >= 0.6 is 0 Å². The minimum absolute atomic E-state index is 0.0864. The van der Waals surface area contributed by atoms with Crippen molar-refractivity contribution in [3.05, 3.63) is 59.8 Å². The molecule has 0 radical (unpaired) electrons. The van der Waals surface area contributed by atoms with Crippen molar-refractivity contribution in [2.45, 2.75) is 6.92 Å². The van der Waals surface area contributed by atoms with Gasteiger partial charge >= 0.3 is 0 Å². The first-order valence-electron chi connectivity index (χ1n) is 8.57. The van der Waals surface area contributed by atoms with Crippen LogP contribution in [0.4, 0.5) is 11.8 Å². The number of aryl methyl sites for hydroxylation is 1. The van der Waals surface area contributed by atoms with E-state index in [1.807, 2.05) is 74.4 Å². The van der Waals surface area contributed by atoms with Crippen molar-refractivity contribution in [1.82, 2.24) is 15.3 Å². The average Bonchev–Trinajstić information content (AvgIpc) is 2.64. The number of amides is 1. The minimum atomic E-state index is -0.0864. The number of aromatic nitrogens is 2. The van der Waals surface area contributed by atoms with E-state index in [9.17, 15) is 4.79 Å². The molecule has 0 aliphatic heterocycles. The van der Waals surface area contributed by atoms with Crippen LogP contribution in [-0.2, 0) is 0 Å². The molecule has 2 N–H and O–H groups in total. The van der Waals surface area contributed by atoms with Crippen LogP contribution in [0.2, 0.25) is 0 Å². The highest BCUT2D eigenvalue weighted by Gasteiger charge is 2.07. The van der Waals surface area contributed by atoms with Gasteiger partial charge in [0.1, 0.15) is 5.82 Å². The number of hydrogen-bond acceptors (Lipinski definition) is 5. The van der Waals surface area contributed by atoms with Gasteiger partial charge in [-0.3, -0.25) is 4.79 Å². The zero-order chi connectivity index (χ0) is 18.5. The fourth-order valence-electron chi connectivity index (χ4n) is 2.64. The lowest BCUT2D eigenvalue weighted by Gasteiger charge is -2.14. The zero-order valence-electron chi connectivity index (χ0n) is 15.3. The molecule has 1 amide bonds. The Hall–Kier alpha value is -3.15. The topological polar surface area (TPSA) is 70.2 Å². The number of rotatable bonds is 6. The predicted molar refractivity (Wildman–Crippen MR) is 106 cm³/mol. The summed E-state index contributed by atoms with van der Waals surface area (Å²) in [5.41, 5.74) is 1.55. The summed E-state index contributed by atoms with van der Waals surface area (Å²) in [7, 11) is 3.88. The van der Waals surface area contributed by atoms with Gasteiger partial charge < -0.3 is 15.5 Å². The van der Waals surface area contributed by atoms with E-state index in [1.165, 1.54) is 0 Å². The van der Waals surface area contributed by atoms with Gasteiger partial charge in [-0.2, -0.15) is 4.98 Å². The predicted octanol–water partition coefficient (Wildman–Crippen LogP) is 2.85. The Morgan fingerprint density at radius 3 is 2.54 bits per heavy atom. The van der Waals surface area contributed by atoms with E-state index in [4.69, 9.17) is 0 Å². The molecule has 0 fully saturated rings. The summed E-state index contributed by atoms with van der Waals surface area (Å²) in [5.74, 6) is 1.32. The molecule has 3 aromatic rings. The number of carbonyl (C=O) groups excluding carboxylic acids is 1. The summed E-state index contributed by atoms with van der Waals surface area (Å²) in [6.45, 7) is 2.97. The van der Waals surface area contributed by atoms with Gasteiger partial charge in [0.2, 0.25) is 5.95 Å². The summed E-state index contributed by atoms with van der Waals surface area (Å²) in [6.07, 6.45) is 0. The minimum Gasteiger partial charge on any atom is -0.363 e. The van der Waals surface area contributed by atoms with E-state index in [0.717, 1.165) is 22.3 Å². The van der Waals surface area contributed by atoms with Crippen LogP contribution in [0.15, 0.2) is 48.5 Å². The van der Waals surface area contributed by atoms with Gasteiger partial charge in [0.05, 0.1) is 0 Å². The van der Waals surface area contributed by atoms with Gasteiger partial charge in [-0.15, -0.1) is 0 Å². The van der Waals surface area contributed by atoms with Gasteiger partial charge in [0, 0.05) is 44.5 Å². The molecule has 0 saturated carbocycles. The maximum absolute atomic E-state index is 12.3. The Morgan fingerprint density at radius 2 is 1.77 bits per heavy atom. The maximum atomic E-state index is 12.3. The summed E-state index contributed by atoms with van der Waals surface area (Å²) in [4.78, 5) is 23.0. The number of carbonyl (C=O) groups is 1. The molecule has 3 rings (SSSR count). The van der Waals surface area contributed by atoms with Gasteiger partial charge in [-0.05, 0) is 29.8 Å². The molecule has 0 aliphatic carbocycles. The van der Waals surface area contributed by atoms with Crippen LogP contribution in [0.3, 0.4) is 0 Å². The highest BCUT2D eigenvalue weighted by atomic mass is 16.1. The smallest absolute Gasteiger partial charge is 0.251 e. The molecular weight excluding hydrogens is 326 g/mol. The summed E-state index contributed by atoms with van der Waals surface area (Å²) >= 11 is 0. The second-order valence-corrected chi connectivity index (χ2v) is 6.33. The summed E-state index contributed by atoms with van der Waals surface area (Å²) in [6, 6.07) is 15.6. The quantitative estimate of drug-likeness (QED) is 0.670. The number of benzene rings is 2. The van der Waals surface area contributed by atoms with Crippen molar-refractivity contribution < 1.29 is 4.79 Å². The highest BCUT2D eigenvalue weighted by molar-refractivity contribution is 5.98. The second-order valence-electron chi connectivity index (χ2n) is 6.33. The highest BCUT2D eigenvalue weighted by Crippen LogP contribution is 2.15. The molecule has 1 aromatic heterocycles. The summed E-state index contributed by atoms with van der Waals surface area (Å²) < 4.78 is 0. The van der Waals surface area contributed by atoms with Crippen molar-refractivity contribution >= 4 is 28.4 Å². The third kappa shape index (κ3) is 4.27. The maximum Gasteiger partial charge on any atom is 0.251 e. The number of nitrogens with one attached hydrogen (secondary N) is 2. The van der Waals surface area contributed by atoms with E-state index >= 15 is 0 Å². The fourth-order valence-corrected chi connectivity index (χ4v) is 2.64. The zero-order valence-corrected chi connectivity index (χ0v) is 15.3. The average molecular weight is 349 g/mol.